The number of halogens is 1. The first-order valence-corrected chi connectivity index (χ1v) is 5.45. The molecule has 0 atom stereocenters. The molecule has 0 amide bonds. The Kier molecular flexibility index (Phi) is 3.33. The number of benzene rings is 2. The molecule has 0 aliphatic heterocycles. The Bertz CT molecular complexity index is 644. The SMILES string of the molecule is Cc1cc(F)ccc1Oc1ccc([N+](=O)[O-])cc1N. The molecule has 0 unspecified atom stereocenters. The largest absolute Gasteiger partial charge is 0.455 e. The van der Waals surface area contributed by atoms with E-state index in [0.29, 0.717) is 17.1 Å². The van der Waals surface area contributed by atoms with Gasteiger partial charge in [0, 0.05) is 12.1 Å². The number of ether oxygens (including phenoxy) is 1. The minimum atomic E-state index is -0.538. The van der Waals surface area contributed by atoms with Crippen molar-refractivity contribution in [3.8, 4) is 11.5 Å². The molecule has 2 aromatic rings. The zero-order valence-corrected chi connectivity index (χ0v) is 10.1. The Labute approximate surface area is 108 Å². The summed E-state index contributed by atoms with van der Waals surface area (Å²) in [5.41, 5.74) is 6.33. The zero-order chi connectivity index (χ0) is 14.0. The molecule has 0 fully saturated rings. The number of nitro benzene ring substituents is 1. The molecule has 98 valence electrons. The van der Waals surface area contributed by atoms with Gasteiger partial charge in [-0.3, -0.25) is 10.1 Å². The summed E-state index contributed by atoms with van der Waals surface area (Å²) in [6.07, 6.45) is 0. The van der Waals surface area contributed by atoms with E-state index in [1.54, 1.807) is 6.92 Å². The number of nitrogens with two attached hydrogens (primary N) is 1. The molecule has 0 aliphatic carbocycles. The lowest BCUT2D eigenvalue weighted by Crippen LogP contribution is -1.96. The number of aryl methyl sites for hydroxylation is 1. The number of hydrogen-bond acceptors (Lipinski definition) is 4. The number of anilines is 1. The smallest absolute Gasteiger partial charge is 0.271 e. The van der Waals surface area contributed by atoms with Crippen molar-refractivity contribution < 1.29 is 14.1 Å². The molecule has 0 saturated heterocycles. The van der Waals surface area contributed by atoms with E-state index in [1.807, 2.05) is 0 Å². The van der Waals surface area contributed by atoms with Crippen LogP contribution in [0.3, 0.4) is 0 Å². The Morgan fingerprint density at radius 2 is 1.89 bits per heavy atom. The predicted molar refractivity (Wildman–Crippen MR) is 68.7 cm³/mol. The molecule has 0 heterocycles. The number of nitrogen functional groups attached to an aromatic ring is 1. The fourth-order valence-corrected chi connectivity index (χ4v) is 1.59. The molecule has 6 heteroatoms. The highest BCUT2D eigenvalue weighted by molar-refractivity contribution is 5.59. The number of rotatable bonds is 3. The summed E-state index contributed by atoms with van der Waals surface area (Å²) >= 11 is 0. The van der Waals surface area contributed by atoms with E-state index in [2.05, 4.69) is 0 Å². The van der Waals surface area contributed by atoms with Gasteiger partial charge in [0.05, 0.1) is 10.6 Å². The summed E-state index contributed by atoms with van der Waals surface area (Å²) in [4.78, 5) is 10.0. The zero-order valence-electron chi connectivity index (χ0n) is 10.1. The molecule has 2 N–H and O–H groups in total. The monoisotopic (exact) mass is 262 g/mol. The van der Waals surface area contributed by atoms with Crippen molar-refractivity contribution in [3.05, 3.63) is 57.9 Å². The predicted octanol–water partition coefficient (Wildman–Crippen LogP) is 3.42. The quantitative estimate of drug-likeness (QED) is 0.522. The second kappa shape index (κ2) is 4.93. The van der Waals surface area contributed by atoms with Crippen LogP contribution in [0.2, 0.25) is 0 Å². The van der Waals surface area contributed by atoms with Crippen molar-refractivity contribution in [2.45, 2.75) is 6.92 Å². The van der Waals surface area contributed by atoms with E-state index < -0.39 is 4.92 Å². The lowest BCUT2D eigenvalue weighted by atomic mass is 10.2. The average molecular weight is 262 g/mol. The number of nitro groups is 1. The van der Waals surface area contributed by atoms with Gasteiger partial charge in [-0.15, -0.1) is 0 Å². The fraction of sp³-hybridized carbons (Fsp3) is 0.0769. The molecule has 0 bridgehead atoms. The number of hydrogen-bond donors (Lipinski definition) is 1. The van der Waals surface area contributed by atoms with E-state index in [9.17, 15) is 14.5 Å². The minimum Gasteiger partial charge on any atom is -0.455 e. The second-order valence-electron chi connectivity index (χ2n) is 3.99. The first-order chi connectivity index (χ1) is 8.97. The summed E-state index contributed by atoms with van der Waals surface area (Å²) in [6, 6.07) is 8.00. The lowest BCUT2D eigenvalue weighted by Gasteiger charge is -2.10. The van der Waals surface area contributed by atoms with E-state index in [1.165, 1.54) is 36.4 Å². The first-order valence-electron chi connectivity index (χ1n) is 5.45. The third kappa shape index (κ3) is 2.79. The number of nitrogens with zero attached hydrogens (tertiary/aromatic N) is 1. The molecule has 19 heavy (non-hydrogen) atoms. The Morgan fingerprint density at radius 1 is 1.21 bits per heavy atom. The standard InChI is InChI=1S/C13H11FN2O3/c1-8-6-9(14)2-4-12(8)19-13-5-3-10(16(17)18)7-11(13)15/h2-7H,15H2,1H3. The van der Waals surface area contributed by atoms with Crippen LogP contribution in [-0.2, 0) is 0 Å². The molecule has 5 nitrogen and oxygen atoms in total. The van der Waals surface area contributed by atoms with Crippen LogP contribution in [0.5, 0.6) is 11.5 Å². The fourth-order valence-electron chi connectivity index (χ4n) is 1.59. The van der Waals surface area contributed by atoms with Crippen LogP contribution < -0.4 is 10.5 Å². The molecule has 2 aromatic carbocycles. The van der Waals surface area contributed by atoms with Gasteiger partial charge >= 0.3 is 0 Å². The maximum absolute atomic E-state index is 13.0. The average Bonchev–Trinajstić information content (AvgIpc) is 2.34. The molecule has 0 aliphatic rings. The maximum atomic E-state index is 13.0. The maximum Gasteiger partial charge on any atom is 0.271 e. The van der Waals surface area contributed by atoms with Gasteiger partial charge in [0.25, 0.3) is 5.69 Å². The van der Waals surface area contributed by atoms with Gasteiger partial charge in [-0.1, -0.05) is 0 Å². The summed E-state index contributed by atoms with van der Waals surface area (Å²) in [7, 11) is 0. The van der Waals surface area contributed by atoms with E-state index in [0.717, 1.165) is 0 Å². The summed E-state index contributed by atoms with van der Waals surface area (Å²) in [5.74, 6) is 0.379. The van der Waals surface area contributed by atoms with E-state index in [4.69, 9.17) is 10.5 Å². The van der Waals surface area contributed by atoms with Crippen LogP contribution in [-0.4, -0.2) is 4.92 Å². The van der Waals surface area contributed by atoms with Gasteiger partial charge in [-0.2, -0.15) is 0 Å². The van der Waals surface area contributed by atoms with Crippen molar-refractivity contribution in [2.75, 3.05) is 5.73 Å². The van der Waals surface area contributed by atoms with Gasteiger partial charge in [0.2, 0.25) is 0 Å². The minimum absolute atomic E-state index is 0.110. The van der Waals surface area contributed by atoms with Crippen LogP contribution in [0.25, 0.3) is 0 Å². The van der Waals surface area contributed by atoms with E-state index in [-0.39, 0.29) is 17.2 Å². The van der Waals surface area contributed by atoms with Crippen LogP contribution >= 0.6 is 0 Å². The van der Waals surface area contributed by atoms with Gasteiger partial charge in [0.15, 0.2) is 5.75 Å². The van der Waals surface area contributed by atoms with Crippen molar-refractivity contribution in [3.63, 3.8) is 0 Å². The Morgan fingerprint density at radius 3 is 2.47 bits per heavy atom. The molecular weight excluding hydrogens is 251 g/mol. The highest BCUT2D eigenvalue weighted by atomic mass is 19.1. The van der Waals surface area contributed by atoms with Gasteiger partial charge in [0.1, 0.15) is 11.6 Å². The van der Waals surface area contributed by atoms with Crippen LogP contribution in [0.1, 0.15) is 5.56 Å². The first kappa shape index (κ1) is 12.8. The molecule has 0 aromatic heterocycles. The van der Waals surface area contributed by atoms with Crippen LogP contribution in [0, 0.1) is 22.9 Å². The normalized spacial score (nSPS) is 10.2. The van der Waals surface area contributed by atoms with Gasteiger partial charge in [-0.25, -0.2) is 4.39 Å². The molecule has 2 rings (SSSR count). The summed E-state index contributed by atoms with van der Waals surface area (Å²) in [5, 5.41) is 10.6. The highest BCUT2D eigenvalue weighted by Gasteiger charge is 2.11. The van der Waals surface area contributed by atoms with Gasteiger partial charge in [-0.05, 0) is 36.8 Å². The lowest BCUT2D eigenvalue weighted by molar-refractivity contribution is -0.384. The highest BCUT2D eigenvalue weighted by Crippen LogP contribution is 2.32. The van der Waals surface area contributed by atoms with Crippen molar-refractivity contribution in [2.24, 2.45) is 0 Å². The molecule has 0 radical (unpaired) electrons. The topological polar surface area (TPSA) is 78.4 Å². The van der Waals surface area contributed by atoms with Crippen molar-refractivity contribution in [1.29, 1.82) is 0 Å². The molecular formula is C13H11FN2O3. The summed E-state index contributed by atoms with van der Waals surface area (Å²) in [6.45, 7) is 1.69. The van der Waals surface area contributed by atoms with Crippen LogP contribution in [0.15, 0.2) is 36.4 Å². The third-order valence-corrected chi connectivity index (χ3v) is 2.56. The Hall–Kier alpha value is -2.63. The Balaban J connectivity index is 2.31. The van der Waals surface area contributed by atoms with E-state index >= 15 is 0 Å². The second-order valence-corrected chi connectivity index (χ2v) is 3.99. The van der Waals surface area contributed by atoms with Crippen molar-refractivity contribution >= 4 is 11.4 Å². The van der Waals surface area contributed by atoms with Crippen molar-refractivity contribution in [1.82, 2.24) is 0 Å². The summed E-state index contributed by atoms with van der Waals surface area (Å²) < 4.78 is 18.5. The third-order valence-electron chi connectivity index (χ3n) is 2.56. The van der Waals surface area contributed by atoms with Crippen LogP contribution in [0.4, 0.5) is 15.8 Å². The number of non-ortho nitro benzene ring substituents is 1. The molecule has 0 saturated carbocycles. The van der Waals surface area contributed by atoms with Gasteiger partial charge < -0.3 is 10.5 Å². The molecule has 0 spiro atoms.